The summed E-state index contributed by atoms with van der Waals surface area (Å²) >= 11 is 3.34. The predicted molar refractivity (Wildman–Crippen MR) is 51.9 cm³/mol. The Morgan fingerprint density at radius 2 is 2.38 bits per heavy atom. The van der Waals surface area contributed by atoms with E-state index in [0.717, 1.165) is 22.6 Å². The van der Waals surface area contributed by atoms with E-state index < -0.39 is 0 Å². The van der Waals surface area contributed by atoms with Crippen molar-refractivity contribution in [1.29, 1.82) is 0 Å². The summed E-state index contributed by atoms with van der Waals surface area (Å²) in [4.78, 5) is 4.01. The molecule has 1 atom stereocenters. The third kappa shape index (κ3) is 1.17. The molecule has 0 aromatic carbocycles. The molecule has 1 aromatic heterocycles. The van der Waals surface area contributed by atoms with Crippen LogP contribution in [0, 0.1) is 11.3 Å². The summed E-state index contributed by atoms with van der Waals surface area (Å²) in [6.45, 7) is 0.977. The van der Waals surface area contributed by atoms with Crippen molar-refractivity contribution in [2.75, 3.05) is 5.73 Å². The van der Waals surface area contributed by atoms with Gasteiger partial charge in [-0.1, -0.05) is 0 Å². The number of hydrogen-bond donors (Lipinski definition) is 1. The molecule has 0 radical (unpaired) electrons. The molecule has 5 heteroatoms. The molecule has 2 aliphatic rings. The van der Waals surface area contributed by atoms with E-state index in [0.29, 0.717) is 5.95 Å². The molecule has 1 spiro atoms. The molecular formula is C8H11BrN4. The lowest BCUT2D eigenvalue weighted by atomic mass is 10.3. The van der Waals surface area contributed by atoms with Crippen LogP contribution in [0.2, 0.25) is 0 Å². The van der Waals surface area contributed by atoms with Gasteiger partial charge in [-0.3, -0.25) is 0 Å². The van der Waals surface area contributed by atoms with E-state index in [1.54, 1.807) is 0 Å². The van der Waals surface area contributed by atoms with E-state index in [9.17, 15) is 0 Å². The highest BCUT2D eigenvalue weighted by molar-refractivity contribution is 9.10. The summed E-state index contributed by atoms with van der Waals surface area (Å²) < 4.78 is 2.63. The maximum Gasteiger partial charge on any atom is 0.240 e. The molecule has 3 rings (SSSR count). The molecule has 0 saturated heterocycles. The van der Waals surface area contributed by atoms with E-state index in [1.807, 2.05) is 4.68 Å². The van der Waals surface area contributed by atoms with Crippen LogP contribution in [0.5, 0.6) is 0 Å². The first kappa shape index (κ1) is 7.79. The van der Waals surface area contributed by atoms with Gasteiger partial charge in [-0.15, -0.1) is 5.10 Å². The second kappa shape index (κ2) is 2.26. The SMILES string of the molecule is Nc1nc(Br)n(CC2CC23CC3)n1. The van der Waals surface area contributed by atoms with Gasteiger partial charge in [0.05, 0.1) is 0 Å². The monoisotopic (exact) mass is 242 g/mol. The van der Waals surface area contributed by atoms with Gasteiger partial charge in [-0.2, -0.15) is 4.98 Å². The van der Waals surface area contributed by atoms with Crippen molar-refractivity contribution < 1.29 is 0 Å². The molecule has 0 aliphatic heterocycles. The number of anilines is 1. The van der Waals surface area contributed by atoms with E-state index in [-0.39, 0.29) is 0 Å². The summed E-state index contributed by atoms with van der Waals surface area (Å²) in [6, 6.07) is 0. The standard InChI is InChI=1S/C8H11BrN4/c9-6-11-7(10)12-13(6)4-5-3-8(5)1-2-8/h5H,1-4H2,(H2,10,12). The van der Waals surface area contributed by atoms with E-state index in [4.69, 9.17) is 5.73 Å². The third-order valence-electron chi connectivity index (χ3n) is 3.29. The molecule has 0 bridgehead atoms. The zero-order chi connectivity index (χ0) is 9.05. The Balaban J connectivity index is 1.75. The van der Waals surface area contributed by atoms with Crippen molar-refractivity contribution in [3.05, 3.63) is 4.73 Å². The van der Waals surface area contributed by atoms with E-state index in [1.165, 1.54) is 19.3 Å². The second-order valence-corrected chi connectivity index (χ2v) is 4.89. The van der Waals surface area contributed by atoms with Crippen LogP contribution in [0.3, 0.4) is 0 Å². The van der Waals surface area contributed by atoms with E-state index >= 15 is 0 Å². The van der Waals surface area contributed by atoms with Crippen molar-refractivity contribution in [2.24, 2.45) is 11.3 Å². The molecule has 1 heterocycles. The fraction of sp³-hybridized carbons (Fsp3) is 0.750. The summed E-state index contributed by atoms with van der Waals surface area (Å²) in [7, 11) is 0. The summed E-state index contributed by atoms with van der Waals surface area (Å²) in [5.74, 6) is 1.18. The van der Waals surface area contributed by atoms with Crippen LogP contribution >= 0.6 is 15.9 Å². The minimum Gasteiger partial charge on any atom is -0.366 e. The van der Waals surface area contributed by atoms with Crippen LogP contribution in [0.15, 0.2) is 4.73 Å². The molecule has 2 fully saturated rings. The first-order valence-corrected chi connectivity index (χ1v) is 5.35. The van der Waals surface area contributed by atoms with Gasteiger partial charge in [0, 0.05) is 6.54 Å². The van der Waals surface area contributed by atoms with Gasteiger partial charge in [0.1, 0.15) is 0 Å². The van der Waals surface area contributed by atoms with Crippen molar-refractivity contribution in [3.63, 3.8) is 0 Å². The third-order valence-corrected chi connectivity index (χ3v) is 3.87. The fourth-order valence-electron chi connectivity index (χ4n) is 2.13. The van der Waals surface area contributed by atoms with E-state index in [2.05, 4.69) is 26.0 Å². The quantitative estimate of drug-likeness (QED) is 0.854. The Labute approximate surface area is 84.6 Å². The number of aromatic nitrogens is 3. The Hall–Kier alpha value is -0.580. The second-order valence-electron chi connectivity index (χ2n) is 4.18. The van der Waals surface area contributed by atoms with Crippen LogP contribution < -0.4 is 5.73 Å². The zero-order valence-electron chi connectivity index (χ0n) is 7.20. The van der Waals surface area contributed by atoms with Gasteiger partial charge >= 0.3 is 0 Å². The smallest absolute Gasteiger partial charge is 0.240 e. The Morgan fingerprint density at radius 3 is 2.85 bits per heavy atom. The molecule has 2 N–H and O–H groups in total. The minimum absolute atomic E-state index is 0.359. The highest BCUT2D eigenvalue weighted by Gasteiger charge is 2.62. The van der Waals surface area contributed by atoms with Crippen LogP contribution in [0.25, 0.3) is 0 Å². The minimum atomic E-state index is 0.359. The van der Waals surface area contributed by atoms with Gasteiger partial charge in [-0.25, -0.2) is 4.68 Å². The lowest BCUT2D eigenvalue weighted by Crippen LogP contribution is -2.04. The Bertz CT molecular complexity index is 355. The first-order chi connectivity index (χ1) is 6.20. The molecule has 1 aromatic rings. The average Bonchev–Trinajstić information content (AvgIpc) is 2.92. The molecule has 4 nitrogen and oxygen atoms in total. The molecule has 70 valence electrons. The topological polar surface area (TPSA) is 56.7 Å². The van der Waals surface area contributed by atoms with Crippen LogP contribution in [0.1, 0.15) is 19.3 Å². The van der Waals surface area contributed by atoms with Crippen molar-refractivity contribution in [3.8, 4) is 0 Å². The van der Waals surface area contributed by atoms with Crippen molar-refractivity contribution >= 4 is 21.9 Å². The number of halogens is 1. The lowest BCUT2D eigenvalue weighted by molar-refractivity contribution is 0.517. The van der Waals surface area contributed by atoms with Crippen molar-refractivity contribution in [1.82, 2.24) is 14.8 Å². The van der Waals surface area contributed by atoms with Crippen LogP contribution in [-0.2, 0) is 6.54 Å². The molecule has 2 saturated carbocycles. The summed E-state index contributed by atoms with van der Waals surface area (Å²) in [6.07, 6.45) is 4.21. The van der Waals surface area contributed by atoms with Gasteiger partial charge < -0.3 is 5.73 Å². The normalized spacial score (nSPS) is 27.9. The van der Waals surface area contributed by atoms with Gasteiger partial charge in [0.25, 0.3) is 0 Å². The highest BCUT2D eigenvalue weighted by Crippen LogP contribution is 2.71. The number of nitrogens with two attached hydrogens (primary N) is 1. The number of rotatable bonds is 2. The number of hydrogen-bond acceptors (Lipinski definition) is 3. The Kier molecular flexibility index (Phi) is 1.35. The molecule has 0 amide bonds. The maximum atomic E-state index is 5.49. The van der Waals surface area contributed by atoms with Crippen molar-refractivity contribution in [2.45, 2.75) is 25.8 Å². The Morgan fingerprint density at radius 1 is 1.62 bits per heavy atom. The molecular weight excluding hydrogens is 232 g/mol. The summed E-state index contributed by atoms with van der Waals surface area (Å²) in [5, 5.41) is 4.12. The molecule has 2 aliphatic carbocycles. The van der Waals surface area contributed by atoms with Gasteiger partial charge in [-0.05, 0) is 46.5 Å². The average molecular weight is 243 g/mol. The largest absolute Gasteiger partial charge is 0.366 e. The van der Waals surface area contributed by atoms with Gasteiger partial charge in [0.2, 0.25) is 5.95 Å². The maximum absolute atomic E-state index is 5.49. The lowest BCUT2D eigenvalue weighted by Gasteiger charge is -1.99. The molecule has 1 unspecified atom stereocenters. The number of nitrogens with zero attached hydrogens (tertiary/aromatic N) is 3. The van der Waals surface area contributed by atoms with Crippen LogP contribution in [-0.4, -0.2) is 14.8 Å². The van der Waals surface area contributed by atoms with Gasteiger partial charge in [0.15, 0.2) is 4.73 Å². The number of nitrogen functional groups attached to an aromatic ring is 1. The summed E-state index contributed by atoms with van der Waals surface area (Å²) in [5.41, 5.74) is 6.21. The molecule has 13 heavy (non-hydrogen) atoms. The fourth-order valence-corrected chi connectivity index (χ4v) is 2.53. The zero-order valence-corrected chi connectivity index (χ0v) is 8.79. The first-order valence-electron chi connectivity index (χ1n) is 4.55. The van der Waals surface area contributed by atoms with Crippen LogP contribution in [0.4, 0.5) is 5.95 Å². The highest BCUT2D eigenvalue weighted by atomic mass is 79.9. The predicted octanol–water partition coefficient (Wildman–Crippen LogP) is 1.42.